The Balaban J connectivity index is 1.79. The molecule has 0 saturated carbocycles. The lowest BCUT2D eigenvalue weighted by Gasteiger charge is -2.34. The average molecular weight is 396 g/mol. The van der Waals surface area contributed by atoms with Crippen LogP contribution in [0.5, 0.6) is 0 Å². The number of hydrogen-bond acceptors (Lipinski definition) is 4. The predicted octanol–water partition coefficient (Wildman–Crippen LogP) is 4.08. The zero-order chi connectivity index (χ0) is 19.4. The number of rotatable bonds is 7. The zero-order valence-electron chi connectivity index (χ0n) is 14.6. The van der Waals surface area contributed by atoms with Crippen molar-refractivity contribution in [1.82, 2.24) is 4.98 Å². The van der Waals surface area contributed by atoms with Crippen LogP contribution >= 0.6 is 11.6 Å². The quantitative estimate of drug-likeness (QED) is 0.767. The van der Waals surface area contributed by atoms with Crippen molar-refractivity contribution in [3.63, 3.8) is 0 Å². The molecule has 1 aliphatic carbocycles. The number of ether oxygens (including phenoxy) is 1. The minimum Gasteiger partial charge on any atom is -0.394 e. The van der Waals surface area contributed by atoms with E-state index in [1.165, 1.54) is 24.4 Å². The van der Waals surface area contributed by atoms with E-state index in [1.807, 2.05) is 0 Å². The number of ketones is 1. The summed E-state index contributed by atoms with van der Waals surface area (Å²) in [5.41, 5.74) is -1.28. The molecule has 4 nitrogen and oxygen atoms in total. The van der Waals surface area contributed by atoms with Crippen LogP contribution in [-0.2, 0) is 21.6 Å². The third kappa shape index (κ3) is 4.18. The first kappa shape index (κ1) is 19.9. The molecule has 1 N–H and O–H groups in total. The lowest BCUT2D eigenvalue weighted by atomic mass is 9.77. The molecule has 0 bridgehead atoms. The zero-order valence-corrected chi connectivity index (χ0v) is 15.4. The van der Waals surface area contributed by atoms with E-state index < -0.39 is 23.4 Å². The molecule has 144 valence electrons. The number of Topliss-reactive ketones (excluding diaryl/α,β-unsaturated/α-hetero) is 1. The van der Waals surface area contributed by atoms with Gasteiger partial charge in [0.25, 0.3) is 0 Å². The molecule has 2 aromatic rings. The standard InChI is InChI=1S/C20H20ClF2NO3/c21-14-5-3-13(16(22)12-14)4-6-18(26)20(23)8-7-17(27-11-10-25)19-15(20)2-1-9-24-19/h1-3,5,9,12,17,25H,4,6-8,10-11H2/t17-,20-/m0/s1. The van der Waals surface area contributed by atoms with Crippen molar-refractivity contribution in [2.24, 2.45) is 0 Å². The Bertz CT molecular complexity index is 833. The maximum absolute atomic E-state index is 15.7. The van der Waals surface area contributed by atoms with Gasteiger partial charge >= 0.3 is 0 Å². The molecule has 1 aromatic heterocycles. The Morgan fingerprint density at radius 1 is 1.41 bits per heavy atom. The number of halogens is 3. The molecule has 3 rings (SSSR count). The van der Waals surface area contributed by atoms with Crippen LogP contribution in [0.1, 0.15) is 42.2 Å². The Hall–Kier alpha value is -1.89. The van der Waals surface area contributed by atoms with Gasteiger partial charge in [-0.05, 0) is 43.0 Å². The molecule has 0 unspecified atom stereocenters. The maximum Gasteiger partial charge on any atom is 0.195 e. The number of aliphatic hydroxyl groups excluding tert-OH is 1. The maximum atomic E-state index is 15.7. The van der Waals surface area contributed by atoms with Crippen molar-refractivity contribution in [1.29, 1.82) is 0 Å². The highest BCUT2D eigenvalue weighted by Crippen LogP contribution is 2.44. The van der Waals surface area contributed by atoms with Gasteiger partial charge in [0.1, 0.15) is 11.9 Å². The molecule has 27 heavy (non-hydrogen) atoms. The highest BCUT2D eigenvalue weighted by Gasteiger charge is 2.46. The first-order valence-corrected chi connectivity index (χ1v) is 9.17. The second-order valence-electron chi connectivity index (χ2n) is 6.52. The van der Waals surface area contributed by atoms with E-state index in [2.05, 4.69) is 4.98 Å². The molecule has 1 aromatic carbocycles. The van der Waals surface area contributed by atoms with Gasteiger partial charge in [-0.25, -0.2) is 8.78 Å². The highest BCUT2D eigenvalue weighted by molar-refractivity contribution is 6.30. The van der Waals surface area contributed by atoms with E-state index in [9.17, 15) is 9.18 Å². The van der Waals surface area contributed by atoms with Gasteiger partial charge in [0, 0.05) is 23.2 Å². The van der Waals surface area contributed by atoms with E-state index in [4.69, 9.17) is 21.4 Å². The van der Waals surface area contributed by atoms with E-state index in [-0.39, 0.29) is 49.5 Å². The fraction of sp³-hybridized carbons (Fsp3) is 0.400. The summed E-state index contributed by atoms with van der Waals surface area (Å²) in [5, 5.41) is 9.21. The summed E-state index contributed by atoms with van der Waals surface area (Å²) in [6, 6.07) is 7.34. The molecule has 0 radical (unpaired) electrons. The summed E-state index contributed by atoms with van der Waals surface area (Å²) in [6.45, 7) is -0.0330. The Kier molecular flexibility index (Phi) is 6.19. The summed E-state index contributed by atoms with van der Waals surface area (Å²) in [4.78, 5) is 16.9. The summed E-state index contributed by atoms with van der Waals surface area (Å²) in [7, 11) is 0. The number of alkyl halides is 1. The van der Waals surface area contributed by atoms with Gasteiger partial charge in [0.05, 0.1) is 18.9 Å². The Morgan fingerprint density at radius 2 is 2.22 bits per heavy atom. The van der Waals surface area contributed by atoms with Gasteiger partial charge in [-0.2, -0.15) is 0 Å². The van der Waals surface area contributed by atoms with Crippen molar-refractivity contribution >= 4 is 17.4 Å². The van der Waals surface area contributed by atoms with Crippen molar-refractivity contribution in [3.8, 4) is 0 Å². The minimum atomic E-state index is -2.18. The summed E-state index contributed by atoms with van der Waals surface area (Å²) < 4.78 is 35.2. The topological polar surface area (TPSA) is 59.4 Å². The molecule has 1 aliphatic rings. The van der Waals surface area contributed by atoms with Gasteiger partial charge in [0.2, 0.25) is 0 Å². The second-order valence-corrected chi connectivity index (χ2v) is 6.95. The third-order valence-corrected chi connectivity index (χ3v) is 5.05. The number of aliphatic hydroxyl groups is 1. The molecule has 0 fully saturated rings. The molecule has 0 amide bonds. The van der Waals surface area contributed by atoms with Gasteiger partial charge in [-0.3, -0.25) is 9.78 Å². The third-order valence-electron chi connectivity index (χ3n) is 4.81. The molecule has 0 saturated heterocycles. The number of benzene rings is 1. The van der Waals surface area contributed by atoms with Crippen LogP contribution in [0.25, 0.3) is 0 Å². The Morgan fingerprint density at radius 3 is 2.96 bits per heavy atom. The second kappa shape index (κ2) is 8.42. The Labute approximate surface area is 161 Å². The molecule has 0 spiro atoms. The SMILES string of the molecule is O=C(CCc1ccc(Cl)cc1F)[C@]1(F)CC[C@H](OCCO)c2ncccc21. The van der Waals surface area contributed by atoms with E-state index >= 15 is 4.39 Å². The van der Waals surface area contributed by atoms with Crippen LogP contribution in [0.4, 0.5) is 8.78 Å². The minimum absolute atomic E-state index is 0.0380. The summed E-state index contributed by atoms with van der Waals surface area (Å²) in [6.07, 6.45) is 1.26. The predicted molar refractivity (Wildman–Crippen MR) is 96.8 cm³/mol. The summed E-state index contributed by atoms with van der Waals surface area (Å²) in [5.74, 6) is -1.11. The number of carbonyl (C=O) groups is 1. The van der Waals surface area contributed by atoms with Crippen LogP contribution in [0, 0.1) is 5.82 Å². The number of aryl methyl sites for hydroxylation is 1. The van der Waals surface area contributed by atoms with Gasteiger partial charge in [-0.1, -0.05) is 23.7 Å². The first-order valence-electron chi connectivity index (χ1n) is 8.79. The van der Waals surface area contributed by atoms with Crippen molar-refractivity contribution < 1.29 is 23.4 Å². The largest absolute Gasteiger partial charge is 0.394 e. The first-order chi connectivity index (χ1) is 13.0. The van der Waals surface area contributed by atoms with E-state index in [0.717, 1.165) is 0 Å². The van der Waals surface area contributed by atoms with Crippen LogP contribution in [0.3, 0.4) is 0 Å². The van der Waals surface area contributed by atoms with Gasteiger partial charge in [-0.15, -0.1) is 0 Å². The average Bonchev–Trinajstić information content (AvgIpc) is 2.67. The molecule has 0 aliphatic heterocycles. The molecule has 2 atom stereocenters. The van der Waals surface area contributed by atoms with Crippen LogP contribution in [0.2, 0.25) is 5.02 Å². The molecule has 1 heterocycles. The number of hydrogen-bond donors (Lipinski definition) is 1. The van der Waals surface area contributed by atoms with Crippen molar-refractivity contribution in [3.05, 3.63) is 64.2 Å². The molecule has 7 heteroatoms. The van der Waals surface area contributed by atoms with Crippen LogP contribution in [0.15, 0.2) is 36.5 Å². The van der Waals surface area contributed by atoms with Gasteiger partial charge < -0.3 is 9.84 Å². The smallest absolute Gasteiger partial charge is 0.195 e. The van der Waals surface area contributed by atoms with Crippen LogP contribution in [-0.4, -0.2) is 29.1 Å². The molecular weight excluding hydrogens is 376 g/mol. The number of carbonyl (C=O) groups excluding carboxylic acids is 1. The lowest BCUT2D eigenvalue weighted by molar-refractivity contribution is -0.133. The van der Waals surface area contributed by atoms with Crippen LogP contribution < -0.4 is 0 Å². The highest BCUT2D eigenvalue weighted by atomic mass is 35.5. The van der Waals surface area contributed by atoms with E-state index in [1.54, 1.807) is 12.1 Å². The van der Waals surface area contributed by atoms with E-state index in [0.29, 0.717) is 11.3 Å². The summed E-state index contributed by atoms with van der Waals surface area (Å²) >= 11 is 5.73. The van der Waals surface area contributed by atoms with Gasteiger partial charge in [0.15, 0.2) is 11.5 Å². The number of nitrogens with zero attached hydrogens (tertiary/aromatic N) is 1. The number of aromatic nitrogens is 1. The normalized spacial score (nSPS) is 21.7. The fourth-order valence-corrected chi connectivity index (χ4v) is 3.59. The molecular formula is C20H20ClF2NO3. The number of fused-ring (bicyclic) bond motifs is 1. The lowest BCUT2D eigenvalue weighted by Crippen LogP contribution is -2.37. The van der Waals surface area contributed by atoms with Crippen molar-refractivity contribution in [2.45, 2.75) is 37.5 Å². The monoisotopic (exact) mass is 395 g/mol. The fourth-order valence-electron chi connectivity index (χ4n) is 3.43. The van der Waals surface area contributed by atoms with Crippen molar-refractivity contribution in [2.75, 3.05) is 13.2 Å². The number of pyridine rings is 1.